The van der Waals surface area contributed by atoms with E-state index in [2.05, 4.69) is 20.3 Å². The van der Waals surface area contributed by atoms with Crippen LogP contribution in [0.5, 0.6) is 0 Å². The largest absolute Gasteiger partial charge is 0.339 e. The molecule has 158 valence electrons. The lowest BCUT2D eigenvalue weighted by molar-refractivity contribution is -0.123. The van der Waals surface area contributed by atoms with Crippen molar-refractivity contribution in [2.24, 2.45) is 5.41 Å². The Morgan fingerprint density at radius 2 is 1.81 bits per heavy atom. The number of aromatic amines is 1. The Kier molecular flexibility index (Phi) is 5.15. The number of H-pyrrole nitrogens is 1. The molecule has 2 aromatic heterocycles. The maximum atomic E-state index is 12.5. The van der Waals surface area contributed by atoms with Gasteiger partial charge in [-0.2, -0.15) is 9.97 Å². The van der Waals surface area contributed by atoms with E-state index < -0.39 is 5.41 Å². The van der Waals surface area contributed by atoms with Gasteiger partial charge in [-0.05, 0) is 36.4 Å². The first-order valence-electron chi connectivity index (χ1n) is 9.77. The van der Waals surface area contributed by atoms with Gasteiger partial charge in [0.25, 0.3) is 0 Å². The Balaban J connectivity index is 1.93. The molecule has 0 atom stereocenters. The fourth-order valence-corrected chi connectivity index (χ4v) is 3.53. The zero-order chi connectivity index (χ0) is 22.3. The number of benzene rings is 2. The summed E-state index contributed by atoms with van der Waals surface area (Å²) in [4.78, 5) is 37.9. The molecule has 4 aromatic rings. The third kappa shape index (κ3) is 3.84. The third-order valence-corrected chi connectivity index (χ3v) is 5.36. The molecule has 0 saturated carbocycles. The molecular formula is C23H22ClN5O2. The number of fused-ring (bicyclic) bond motifs is 3. The van der Waals surface area contributed by atoms with E-state index in [1.54, 1.807) is 12.1 Å². The highest BCUT2D eigenvalue weighted by Crippen LogP contribution is 2.38. The van der Waals surface area contributed by atoms with Crippen molar-refractivity contribution in [2.45, 2.75) is 20.8 Å². The molecule has 1 amide bonds. The van der Waals surface area contributed by atoms with Crippen molar-refractivity contribution in [3.05, 3.63) is 53.1 Å². The number of aldehydes is 1. The fraction of sp³-hybridized carbons (Fsp3) is 0.217. The van der Waals surface area contributed by atoms with Crippen molar-refractivity contribution in [1.29, 1.82) is 0 Å². The number of carbonyl (C=O) groups is 2. The number of rotatable bonds is 4. The maximum absolute atomic E-state index is 12.5. The zero-order valence-electron chi connectivity index (χ0n) is 17.7. The predicted molar refractivity (Wildman–Crippen MR) is 124 cm³/mol. The summed E-state index contributed by atoms with van der Waals surface area (Å²) in [7, 11) is 1.86. The van der Waals surface area contributed by atoms with Gasteiger partial charge in [-0.25, -0.2) is 0 Å². The van der Waals surface area contributed by atoms with Crippen molar-refractivity contribution in [1.82, 2.24) is 15.0 Å². The molecular weight excluding hydrogens is 414 g/mol. The van der Waals surface area contributed by atoms with E-state index in [1.807, 2.05) is 63.1 Å². The first kappa shape index (κ1) is 20.8. The summed E-state index contributed by atoms with van der Waals surface area (Å²) >= 11 is 6.52. The van der Waals surface area contributed by atoms with Gasteiger partial charge in [0.15, 0.2) is 0 Å². The number of carbonyl (C=O) groups excluding carboxylic acids is 2. The Morgan fingerprint density at radius 3 is 2.45 bits per heavy atom. The molecule has 0 aliphatic rings. The second kappa shape index (κ2) is 7.67. The quantitative estimate of drug-likeness (QED) is 0.423. The summed E-state index contributed by atoms with van der Waals surface area (Å²) in [6.45, 7) is 5.47. The number of hydrogen-bond acceptors (Lipinski definition) is 5. The van der Waals surface area contributed by atoms with Crippen molar-refractivity contribution >= 4 is 63.2 Å². The lowest BCUT2D eigenvalue weighted by Gasteiger charge is -2.21. The van der Waals surface area contributed by atoms with Crippen LogP contribution in [0.3, 0.4) is 0 Å². The molecule has 31 heavy (non-hydrogen) atoms. The van der Waals surface area contributed by atoms with Crippen LogP contribution in [0, 0.1) is 5.41 Å². The smallest absolute Gasteiger partial charge is 0.233 e. The van der Waals surface area contributed by atoms with Crippen LogP contribution < -0.4 is 10.2 Å². The summed E-state index contributed by atoms with van der Waals surface area (Å²) in [5, 5.41) is 4.94. The lowest BCUT2D eigenvalue weighted by Crippen LogP contribution is -2.28. The SMILES string of the molecule is CN(c1ccc(C=O)cc1)c1nc(NC(=O)C(C)(C)C)nc2[nH]c3cccc(Cl)c3c12. The molecule has 7 nitrogen and oxygen atoms in total. The number of aromatic nitrogens is 3. The van der Waals surface area contributed by atoms with Gasteiger partial charge in [-0.1, -0.05) is 38.4 Å². The third-order valence-electron chi connectivity index (χ3n) is 5.05. The lowest BCUT2D eigenvalue weighted by atomic mass is 9.96. The van der Waals surface area contributed by atoms with E-state index in [0.717, 1.165) is 28.3 Å². The second-order valence-corrected chi connectivity index (χ2v) is 8.76. The van der Waals surface area contributed by atoms with Gasteiger partial charge < -0.3 is 9.88 Å². The highest BCUT2D eigenvalue weighted by Gasteiger charge is 2.24. The highest BCUT2D eigenvalue weighted by molar-refractivity contribution is 6.38. The fourth-order valence-electron chi connectivity index (χ4n) is 3.27. The predicted octanol–water partition coefficient (Wildman–Crippen LogP) is 5.33. The average molecular weight is 436 g/mol. The number of nitrogens with zero attached hydrogens (tertiary/aromatic N) is 3. The van der Waals surface area contributed by atoms with Crippen LogP contribution in [-0.2, 0) is 4.79 Å². The summed E-state index contributed by atoms with van der Waals surface area (Å²) in [5.74, 6) is 0.582. The average Bonchev–Trinajstić information content (AvgIpc) is 3.11. The minimum Gasteiger partial charge on any atom is -0.339 e. The van der Waals surface area contributed by atoms with Gasteiger partial charge >= 0.3 is 0 Å². The van der Waals surface area contributed by atoms with Crippen LogP contribution in [0.4, 0.5) is 17.5 Å². The number of amides is 1. The highest BCUT2D eigenvalue weighted by atomic mass is 35.5. The van der Waals surface area contributed by atoms with Gasteiger partial charge in [-0.3, -0.25) is 14.9 Å². The van der Waals surface area contributed by atoms with Crippen LogP contribution in [0.25, 0.3) is 21.9 Å². The minimum atomic E-state index is -0.598. The summed E-state index contributed by atoms with van der Waals surface area (Å²) in [5.41, 5.74) is 2.19. The summed E-state index contributed by atoms with van der Waals surface area (Å²) in [6.07, 6.45) is 0.798. The van der Waals surface area contributed by atoms with Crippen molar-refractivity contribution in [3.63, 3.8) is 0 Å². The van der Waals surface area contributed by atoms with Gasteiger partial charge in [0, 0.05) is 34.6 Å². The summed E-state index contributed by atoms with van der Waals surface area (Å²) in [6, 6.07) is 12.7. The Bertz CT molecular complexity index is 1310. The maximum Gasteiger partial charge on any atom is 0.233 e. The normalized spacial score (nSPS) is 11.6. The molecule has 8 heteroatoms. The van der Waals surface area contributed by atoms with Crippen LogP contribution in [0.2, 0.25) is 5.02 Å². The van der Waals surface area contributed by atoms with Crippen molar-refractivity contribution in [2.75, 3.05) is 17.3 Å². The topological polar surface area (TPSA) is 91.0 Å². The molecule has 0 aliphatic heterocycles. The second-order valence-electron chi connectivity index (χ2n) is 8.35. The molecule has 4 rings (SSSR count). The molecule has 0 fully saturated rings. The molecule has 0 aliphatic carbocycles. The van der Waals surface area contributed by atoms with Gasteiger partial charge in [-0.15, -0.1) is 0 Å². The van der Waals surface area contributed by atoms with E-state index in [4.69, 9.17) is 11.6 Å². The van der Waals surface area contributed by atoms with Crippen molar-refractivity contribution < 1.29 is 9.59 Å². The standard InChI is InChI=1S/C23H22ClN5O2/c1-23(2,3)21(31)28-22-26-19-18(17-15(24)6-5-7-16(17)25-19)20(27-22)29(4)14-10-8-13(12-30)9-11-14/h5-12H,1-4H3,(H2,25,26,27,28,31). The van der Waals surface area contributed by atoms with Crippen LogP contribution in [0.1, 0.15) is 31.1 Å². The monoisotopic (exact) mass is 435 g/mol. The van der Waals surface area contributed by atoms with Gasteiger partial charge in [0.1, 0.15) is 17.8 Å². The molecule has 2 aromatic carbocycles. The Hall–Kier alpha value is -3.45. The number of anilines is 3. The molecule has 0 unspecified atom stereocenters. The van der Waals surface area contributed by atoms with Crippen LogP contribution in [0.15, 0.2) is 42.5 Å². The van der Waals surface area contributed by atoms with E-state index in [-0.39, 0.29) is 11.9 Å². The molecule has 0 spiro atoms. The van der Waals surface area contributed by atoms with E-state index in [9.17, 15) is 9.59 Å². The minimum absolute atomic E-state index is 0.190. The van der Waals surface area contributed by atoms with E-state index >= 15 is 0 Å². The number of nitrogens with one attached hydrogen (secondary N) is 2. The van der Waals surface area contributed by atoms with Gasteiger partial charge in [0.05, 0.1) is 10.4 Å². The molecule has 0 saturated heterocycles. The molecule has 0 bridgehead atoms. The van der Waals surface area contributed by atoms with E-state index in [1.165, 1.54) is 0 Å². The Labute approximate surface area is 184 Å². The first-order chi connectivity index (χ1) is 14.7. The van der Waals surface area contributed by atoms with Gasteiger partial charge in [0.2, 0.25) is 11.9 Å². The molecule has 2 N–H and O–H groups in total. The number of halogens is 1. The first-order valence-corrected chi connectivity index (χ1v) is 10.1. The molecule has 0 radical (unpaired) electrons. The van der Waals surface area contributed by atoms with Crippen LogP contribution in [-0.4, -0.2) is 34.2 Å². The van der Waals surface area contributed by atoms with E-state index in [0.29, 0.717) is 22.1 Å². The molecule has 2 heterocycles. The Morgan fingerprint density at radius 1 is 1.10 bits per heavy atom. The number of hydrogen-bond donors (Lipinski definition) is 2. The summed E-state index contributed by atoms with van der Waals surface area (Å²) < 4.78 is 0. The zero-order valence-corrected chi connectivity index (χ0v) is 18.4. The van der Waals surface area contributed by atoms with Crippen molar-refractivity contribution in [3.8, 4) is 0 Å². The van der Waals surface area contributed by atoms with Crippen LogP contribution >= 0.6 is 11.6 Å².